The summed E-state index contributed by atoms with van der Waals surface area (Å²) < 4.78 is 5.72. The second-order valence-corrected chi connectivity index (χ2v) is 7.06. The van der Waals surface area contributed by atoms with Crippen molar-refractivity contribution < 1.29 is 9.66 Å². The van der Waals surface area contributed by atoms with Gasteiger partial charge in [-0.1, -0.05) is 30.3 Å². The van der Waals surface area contributed by atoms with Gasteiger partial charge >= 0.3 is 0 Å². The van der Waals surface area contributed by atoms with Gasteiger partial charge in [0.2, 0.25) is 0 Å². The molecule has 0 fully saturated rings. The van der Waals surface area contributed by atoms with Crippen LogP contribution in [0.25, 0.3) is 22.7 Å². The van der Waals surface area contributed by atoms with Gasteiger partial charge in [0.05, 0.1) is 21.5 Å². The Labute approximate surface area is 178 Å². The van der Waals surface area contributed by atoms with E-state index < -0.39 is 4.92 Å². The van der Waals surface area contributed by atoms with Crippen LogP contribution in [0.5, 0.6) is 5.75 Å². The first-order valence-corrected chi connectivity index (χ1v) is 9.56. The molecule has 0 atom stereocenters. The summed E-state index contributed by atoms with van der Waals surface area (Å²) in [5.74, 6) is 1.15. The van der Waals surface area contributed by atoms with Crippen LogP contribution >= 0.6 is 0 Å². The number of nitro benzene ring substituents is 1. The lowest BCUT2D eigenvalue weighted by molar-refractivity contribution is -0.384. The summed E-state index contributed by atoms with van der Waals surface area (Å²) in [4.78, 5) is 18.1. The maximum atomic E-state index is 10.9. The lowest BCUT2D eigenvalue weighted by Crippen LogP contribution is -1.97. The zero-order valence-electron chi connectivity index (χ0n) is 16.7. The Bertz CT molecular complexity index is 1330. The van der Waals surface area contributed by atoms with Crippen molar-refractivity contribution in [1.29, 1.82) is 5.26 Å². The largest absolute Gasteiger partial charge is 0.489 e. The fraction of sp³-hybridized carbons (Fsp3) is 0.0833. The number of nitrogens with zero attached hydrogens (tertiary/aromatic N) is 3. The van der Waals surface area contributed by atoms with Gasteiger partial charge in [0, 0.05) is 12.1 Å². The van der Waals surface area contributed by atoms with Crippen LogP contribution < -0.4 is 4.74 Å². The number of allylic oxidation sites excluding steroid dienone is 1. The van der Waals surface area contributed by atoms with Crippen LogP contribution in [0.1, 0.15) is 22.5 Å². The predicted molar refractivity (Wildman–Crippen MR) is 118 cm³/mol. The highest BCUT2D eigenvalue weighted by molar-refractivity contribution is 5.90. The summed E-state index contributed by atoms with van der Waals surface area (Å²) in [6.07, 6.45) is 1.76. The second kappa shape index (κ2) is 8.51. The Balaban J connectivity index is 1.48. The number of aryl methyl sites for hydroxylation is 1. The summed E-state index contributed by atoms with van der Waals surface area (Å²) in [6.45, 7) is 2.22. The molecular formula is C24H18N4O3. The minimum atomic E-state index is -0.430. The SMILES string of the molecule is Cc1ccc2nc(/C(C#N)=C\c3ccc(OCc4cccc([N+](=O)[O-])c4)cc3)[nH]c2c1. The highest BCUT2D eigenvalue weighted by atomic mass is 16.6. The molecular weight excluding hydrogens is 392 g/mol. The molecule has 0 unspecified atom stereocenters. The number of H-pyrrole nitrogens is 1. The van der Waals surface area contributed by atoms with Crippen molar-refractivity contribution in [1.82, 2.24) is 9.97 Å². The smallest absolute Gasteiger partial charge is 0.269 e. The van der Waals surface area contributed by atoms with E-state index in [0.717, 1.165) is 22.2 Å². The summed E-state index contributed by atoms with van der Waals surface area (Å²) in [5, 5.41) is 20.5. The van der Waals surface area contributed by atoms with E-state index in [1.54, 1.807) is 30.3 Å². The molecule has 1 heterocycles. The number of nitrogens with one attached hydrogen (secondary N) is 1. The number of fused-ring (bicyclic) bond motifs is 1. The molecule has 152 valence electrons. The lowest BCUT2D eigenvalue weighted by atomic mass is 10.1. The average molecular weight is 410 g/mol. The van der Waals surface area contributed by atoms with Crippen molar-refractivity contribution in [3.8, 4) is 11.8 Å². The Morgan fingerprint density at radius 3 is 2.74 bits per heavy atom. The van der Waals surface area contributed by atoms with Crippen LogP contribution in [0.15, 0.2) is 66.7 Å². The van der Waals surface area contributed by atoms with Gasteiger partial charge in [-0.25, -0.2) is 4.98 Å². The minimum Gasteiger partial charge on any atom is -0.489 e. The first-order valence-electron chi connectivity index (χ1n) is 9.56. The third kappa shape index (κ3) is 4.60. The second-order valence-electron chi connectivity index (χ2n) is 7.06. The van der Waals surface area contributed by atoms with Crippen LogP contribution in [0.4, 0.5) is 5.69 Å². The number of hydrogen-bond acceptors (Lipinski definition) is 5. The highest BCUT2D eigenvalue weighted by Gasteiger charge is 2.09. The van der Waals surface area contributed by atoms with Gasteiger partial charge in [-0.15, -0.1) is 0 Å². The maximum absolute atomic E-state index is 10.9. The number of benzene rings is 3. The number of imidazole rings is 1. The van der Waals surface area contributed by atoms with Crippen LogP contribution in [-0.4, -0.2) is 14.9 Å². The highest BCUT2D eigenvalue weighted by Crippen LogP contribution is 2.22. The zero-order valence-corrected chi connectivity index (χ0v) is 16.7. The van der Waals surface area contributed by atoms with E-state index >= 15 is 0 Å². The van der Waals surface area contributed by atoms with Crippen molar-refractivity contribution in [2.45, 2.75) is 13.5 Å². The summed E-state index contributed by atoms with van der Waals surface area (Å²) in [7, 11) is 0. The molecule has 0 bridgehead atoms. The topological polar surface area (TPSA) is 105 Å². The molecule has 1 N–H and O–H groups in total. The van der Waals surface area contributed by atoms with Gasteiger partial charge in [-0.05, 0) is 54.0 Å². The molecule has 31 heavy (non-hydrogen) atoms. The molecule has 7 heteroatoms. The fourth-order valence-corrected chi connectivity index (χ4v) is 3.16. The van der Waals surface area contributed by atoms with Gasteiger partial charge in [0.1, 0.15) is 24.3 Å². The van der Waals surface area contributed by atoms with E-state index in [1.807, 2.05) is 37.3 Å². The number of ether oxygens (including phenoxy) is 1. The van der Waals surface area contributed by atoms with Crippen LogP contribution in [0, 0.1) is 28.4 Å². The molecule has 4 aromatic rings. The zero-order chi connectivity index (χ0) is 21.8. The van der Waals surface area contributed by atoms with Gasteiger partial charge < -0.3 is 9.72 Å². The van der Waals surface area contributed by atoms with Crippen molar-refractivity contribution in [2.75, 3.05) is 0 Å². The monoisotopic (exact) mass is 410 g/mol. The van der Waals surface area contributed by atoms with E-state index in [4.69, 9.17) is 4.74 Å². The molecule has 0 amide bonds. The van der Waals surface area contributed by atoms with Crippen molar-refractivity contribution in [2.24, 2.45) is 0 Å². The molecule has 1 aromatic heterocycles. The van der Waals surface area contributed by atoms with Gasteiger partial charge in [0.25, 0.3) is 5.69 Å². The van der Waals surface area contributed by atoms with E-state index in [0.29, 0.717) is 22.7 Å². The number of aromatic amines is 1. The first-order chi connectivity index (χ1) is 15.0. The molecule has 0 aliphatic heterocycles. The number of nitriles is 1. The molecule has 0 spiro atoms. The van der Waals surface area contributed by atoms with Crippen molar-refractivity contribution >= 4 is 28.4 Å². The Hall–Kier alpha value is -4.44. The van der Waals surface area contributed by atoms with Crippen molar-refractivity contribution in [3.05, 3.63) is 99.4 Å². The van der Waals surface area contributed by atoms with E-state index in [2.05, 4.69) is 16.0 Å². The molecule has 0 saturated carbocycles. The number of nitro groups is 1. The quantitative estimate of drug-likeness (QED) is 0.259. The van der Waals surface area contributed by atoms with E-state index in [-0.39, 0.29) is 12.3 Å². The molecule has 0 aliphatic carbocycles. The number of aromatic nitrogens is 2. The van der Waals surface area contributed by atoms with Gasteiger partial charge in [-0.2, -0.15) is 5.26 Å². The molecule has 3 aromatic carbocycles. The van der Waals surface area contributed by atoms with Gasteiger partial charge in [0.15, 0.2) is 0 Å². The number of hydrogen-bond donors (Lipinski definition) is 1. The number of non-ortho nitro benzene ring substituents is 1. The predicted octanol–water partition coefficient (Wildman–Crippen LogP) is 5.42. The normalized spacial score (nSPS) is 11.3. The van der Waals surface area contributed by atoms with Crippen LogP contribution in [0.3, 0.4) is 0 Å². The lowest BCUT2D eigenvalue weighted by Gasteiger charge is -2.06. The first kappa shape index (κ1) is 19.9. The summed E-state index contributed by atoms with van der Waals surface area (Å²) in [5.41, 5.74) is 4.82. The minimum absolute atomic E-state index is 0.0337. The Kier molecular flexibility index (Phi) is 5.45. The van der Waals surface area contributed by atoms with E-state index in [9.17, 15) is 15.4 Å². The maximum Gasteiger partial charge on any atom is 0.269 e. The summed E-state index contributed by atoms with van der Waals surface area (Å²) >= 11 is 0. The molecule has 0 aliphatic rings. The standard InChI is InChI=1S/C24H18N4O3/c1-16-5-10-22-23(11-16)27-24(26-22)19(14-25)12-17-6-8-21(9-7-17)31-15-18-3-2-4-20(13-18)28(29)30/h2-13H,15H2,1H3,(H,26,27)/b19-12-. The molecule has 0 saturated heterocycles. The van der Waals surface area contributed by atoms with Gasteiger partial charge in [-0.3, -0.25) is 10.1 Å². The molecule has 0 radical (unpaired) electrons. The third-order valence-electron chi connectivity index (χ3n) is 4.73. The molecule has 4 rings (SSSR count). The van der Waals surface area contributed by atoms with Crippen molar-refractivity contribution in [3.63, 3.8) is 0 Å². The number of rotatable bonds is 6. The fourth-order valence-electron chi connectivity index (χ4n) is 3.16. The average Bonchev–Trinajstić information content (AvgIpc) is 3.20. The van der Waals surface area contributed by atoms with E-state index in [1.165, 1.54) is 12.1 Å². The molecule has 7 nitrogen and oxygen atoms in total. The van der Waals surface area contributed by atoms with Crippen LogP contribution in [-0.2, 0) is 6.61 Å². The Morgan fingerprint density at radius 1 is 1.19 bits per heavy atom. The summed E-state index contributed by atoms with van der Waals surface area (Å²) in [6, 6.07) is 21.7. The Morgan fingerprint density at radius 2 is 2.00 bits per heavy atom. The van der Waals surface area contributed by atoms with Crippen LogP contribution in [0.2, 0.25) is 0 Å². The third-order valence-corrected chi connectivity index (χ3v) is 4.73.